The summed E-state index contributed by atoms with van der Waals surface area (Å²) in [5, 5.41) is 8.10. The van der Waals surface area contributed by atoms with Crippen LogP contribution in [0.1, 0.15) is 42.7 Å². The first-order valence-corrected chi connectivity index (χ1v) is 8.86. The summed E-state index contributed by atoms with van der Waals surface area (Å²) in [6.45, 7) is 7.74. The summed E-state index contributed by atoms with van der Waals surface area (Å²) in [6, 6.07) is 0.142. The lowest BCUT2D eigenvalue weighted by molar-refractivity contribution is -0.140. The number of anilines is 1. The minimum Gasteiger partial charge on any atom is -0.361 e. The number of piperidine rings is 1. The van der Waals surface area contributed by atoms with Gasteiger partial charge in [0.25, 0.3) is 5.95 Å². The molecule has 134 valence electrons. The van der Waals surface area contributed by atoms with Crippen LogP contribution in [0.25, 0.3) is 0 Å². The Labute approximate surface area is 146 Å². The van der Waals surface area contributed by atoms with E-state index in [4.69, 9.17) is 9.05 Å². The van der Waals surface area contributed by atoms with Crippen LogP contribution in [0.3, 0.4) is 0 Å². The average molecular weight is 345 g/mol. The lowest BCUT2D eigenvalue weighted by atomic mass is 9.93. The van der Waals surface area contributed by atoms with Gasteiger partial charge in [-0.25, -0.2) is 0 Å². The van der Waals surface area contributed by atoms with Gasteiger partial charge in [-0.3, -0.25) is 4.79 Å². The molecular weight excluding hydrogens is 322 g/mol. The van der Waals surface area contributed by atoms with Crippen LogP contribution in [0, 0.1) is 19.8 Å². The van der Waals surface area contributed by atoms with E-state index in [2.05, 4.69) is 20.2 Å². The molecule has 25 heavy (non-hydrogen) atoms. The van der Waals surface area contributed by atoms with Crippen molar-refractivity contribution in [3.63, 3.8) is 0 Å². The van der Waals surface area contributed by atoms with Gasteiger partial charge in [0, 0.05) is 31.1 Å². The maximum atomic E-state index is 13.0. The fourth-order valence-corrected chi connectivity index (χ4v) is 3.83. The van der Waals surface area contributed by atoms with Crippen molar-refractivity contribution in [3.8, 4) is 0 Å². The molecule has 0 spiro atoms. The third kappa shape index (κ3) is 2.79. The number of hydrogen-bond acceptors (Lipinski definition) is 7. The van der Waals surface area contributed by atoms with Gasteiger partial charge in [-0.1, -0.05) is 12.1 Å². The van der Waals surface area contributed by atoms with Crippen LogP contribution in [0.15, 0.2) is 9.05 Å². The minimum atomic E-state index is -0.0252. The molecule has 2 bridgehead atoms. The highest BCUT2D eigenvalue weighted by atomic mass is 16.5. The molecule has 0 N–H and O–H groups in total. The van der Waals surface area contributed by atoms with E-state index in [9.17, 15) is 4.79 Å². The molecule has 5 heterocycles. The van der Waals surface area contributed by atoms with Crippen LogP contribution in [0.4, 0.5) is 5.95 Å². The maximum Gasteiger partial charge on any atom is 0.266 e. The molecule has 0 saturated carbocycles. The van der Waals surface area contributed by atoms with Crippen molar-refractivity contribution in [3.05, 3.63) is 22.9 Å². The van der Waals surface area contributed by atoms with E-state index in [1.807, 2.05) is 25.7 Å². The molecule has 3 aliphatic heterocycles. The molecule has 1 amide bonds. The van der Waals surface area contributed by atoms with Crippen LogP contribution >= 0.6 is 0 Å². The fraction of sp³-hybridized carbons (Fsp3) is 0.647. The monoisotopic (exact) mass is 345 g/mol. The van der Waals surface area contributed by atoms with Gasteiger partial charge in [0.2, 0.25) is 11.8 Å². The second-order valence-electron chi connectivity index (χ2n) is 6.94. The molecule has 8 heteroatoms. The normalized spacial score (nSPS) is 23.4. The molecule has 3 aliphatic rings. The van der Waals surface area contributed by atoms with Crippen molar-refractivity contribution in [1.29, 1.82) is 0 Å². The molecule has 8 nitrogen and oxygen atoms in total. The molecular formula is C17H23N5O3. The van der Waals surface area contributed by atoms with E-state index in [1.54, 1.807) is 0 Å². The van der Waals surface area contributed by atoms with E-state index in [-0.39, 0.29) is 17.9 Å². The number of carbonyl (C=O) groups excluding carboxylic acids is 1. The van der Waals surface area contributed by atoms with E-state index in [1.165, 1.54) is 0 Å². The molecule has 3 fully saturated rings. The lowest BCUT2D eigenvalue weighted by Gasteiger charge is -2.35. The first-order valence-electron chi connectivity index (χ1n) is 8.86. The number of aryl methyl sites for hydroxylation is 3. The Morgan fingerprint density at radius 3 is 2.68 bits per heavy atom. The number of nitrogens with zero attached hydrogens (tertiary/aromatic N) is 5. The van der Waals surface area contributed by atoms with Crippen molar-refractivity contribution in [2.75, 3.05) is 18.0 Å². The Bertz CT molecular complexity index is 764. The first-order chi connectivity index (χ1) is 12.1. The molecule has 3 saturated heterocycles. The van der Waals surface area contributed by atoms with E-state index < -0.39 is 0 Å². The Kier molecular flexibility index (Phi) is 3.97. The van der Waals surface area contributed by atoms with Crippen LogP contribution in [-0.4, -0.2) is 45.2 Å². The second kappa shape index (κ2) is 6.16. The van der Waals surface area contributed by atoms with E-state index in [0.717, 1.165) is 36.4 Å². The van der Waals surface area contributed by atoms with Crippen LogP contribution in [0.5, 0.6) is 0 Å². The summed E-state index contributed by atoms with van der Waals surface area (Å²) in [5.41, 5.74) is 1.87. The Hall–Kier alpha value is -2.38. The third-order valence-electron chi connectivity index (χ3n) is 5.35. The molecule has 2 aromatic rings. The van der Waals surface area contributed by atoms with E-state index in [0.29, 0.717) is 31.3 Å². The van der Waals surface area contributed by atoms with Crippen molar-refractivity contribution < 1.29 is 13.8 Å². The number of carbonyl (C=O) groups is 1. The summed E-state index contributed by atoms with van der Waals surface area (Å²) in [7, 11) is 0. The van der Waals surface area contributed by atoms with Crippen LogP contribution in [0.2, 0.25) is 0 Å². The van der Waals surface area contributed by atoms with Gasteiger partial charge in [0.05, 0.1) is 18.2 Å². The lowest BCUT2D eigenvalue weighted by Crippen LogP contribution is -2.47. The fourth-order valence-electron chi connectivity index (χ4n) is 3.83. The predicted molar refractivity (Wildman–Crippen MR) is 88.9 cm³/mol. The van der Waals surface area contributed by atoms with Crippen LogP contribution in [-0.2, 0) is 17.8 Å². The van der Waals surface area contributed by atoms with Crippen molar-refractivity contribution in [2.45, 2.75) is 52.6 Å². The minimum absolute atomic E-state index is 0.0252. The van der Waals surface area contributed by atoms with Gasteiger partial charge in [-0.2, -0.15) is 4.98 Å². The van der Waals surface area contributed by atoms with Crippen molar-refractivity contribution >= 4 is 11.9 Å². The molecule has 0 unspecified atom stereocenters. The summed E-state index contributed by atoms with van der Waals surface area (Å²) in [6.07, 6.45) is 2.62. The Balaban J connectivity index is 1.58. The highest BCUT2D eigenvalue weighted by Crippen LogP contribution is 2.32. The van der Waals surface area contributed by atoms with Gasteiger partial charge in [-0.15, -0.1) is 0 Å². The Morgan fingerprint density at radius 2 is 2.00 bits per heavy atom. The molecule has 5 rings (SSSR count). The zero-order valence-corrected chi connectivity index (χ0v) is 14.9. The zero-order chi connectivity index (χ0) is 17.6. The molecule has 0 radical (unpaired) electrons. The van der Waals surface area contributed by atoms with Gasteiger partial charge in [0.15, 0.2) is 0 Å². The molecule has 2 aromatic heterocycles. The number of aromatic nitrogens is 3. The smallest absolute Gasteiger partial charge is 0.266 e. The SMILES string of the molecule is CCc1nc(N2C[C@H]3CC[C@@H](C2)N(Cc2c(C)noc2C)C3=O)no1. The number of fused-ring (bicyclic) bond motifs is 4. The standard InChI is InChI=1S/C17H23N5O3/c1-4-15-18-17(20-25-15)21-7-12-5-6-13(8-21)22(16(12)23)9-14-10(2)19-24-11(14)3/h12-13H,4-9H2,1-3H3/t12-,13+/m1/s1. The molecule has 2 atom stereocenters. The third-order valence-corrected chi connectivity index (χ3v) is 5.35. The topological polar surface area (TPSA) is 88.5 Å². The summed E-state index contributed by atoms with van der Waals surface area (Å²) < 4.78 is 10.5. The highest BCUT2D eigenvalue weighted by Gasteiger charge is 2.42. The summed E-state index contributed by atoms with van der Waals surface area (Å²) in [5.74, 6) is 2.19. The summed E-state index contributed by atoms with van der Waals surface area (Å²) in [4.78, 5) is 21.5. The maximum absolute atomic E-state index is 13.0. The highest BCUT2D eigenvalue weighted by molar-refractivity contribution is 5.81. The van der Waals surface area contributed by atoms with Gasteiger partial charge >= 0.3 is 0 Å². The van der Waals surface area contributed by atoms with Crippen LogP contribution < -0.4 is 4.90 Å². The first kappa shape index (κ1) is 16.1. The van der Waals surface area contributed by atoms with E-state index >= 15 is 0 Å². The Morgan fingerprint density at radius 1 is 1.16 bits per heavy atom. The predicted octanol–water partition coefficient (Wildman–Crippen LogP) is 1.86. The zero-order valence-electron chi connectivity index (χ0n) is 14.9. The second-order valence-corrected chi connectivity index (χ2v) is 6.94. The summed E-state index contributed by atoms with van der Waals surface area (Å²) >= 11 is 0. The largest absolute Gasteiger partial charge is 0.361 e. The average Bonchev–Trinajstić information content (AvgIpc) is 3.10. The number of amides is 1. The van der Waals surface area contributed by atoms with Gasteiger partial charge in [0.1, 0.15) is 5.76 Å². The van der Waals surface area contributed by atoms with Crippen molar-refractivity contribution in [1.82, 2.24) is 20.2 Å². The molecule has 0 aliphatic carbocycles. The quantitative estimate of drug-likeness (QED) is 0.835. The number of rotatable bonds is 4. The number of hydrogen-bond donors (Lipinski definition) is 0. The molecule has 0 aromatic carbocycles. The van der Waals surface area contributed by atoms with Gasteiger partial charge in [-0.05, 0) is 31.8 Å². The van der Waals surface area contributed by atoms with Crippen molar-refractivity contribution in [2.24, 2.45) is 5.92 Å². The van der Waals surface area contributed by atoms with Gasteiger partial charge < -0.3 is 18.8 Å².